The van der Waals surface area contributed by atoms with Gasteiger partial charge in [-0.2, -0.15) is 0 Å². The van der Waals surface area contributed by atoms with Crippen LogP contribution in [0.2, 0.25) is 0 Å². The molecule has 4 heteroatoms. The first kappa shape index (κ1) is 12.2. The Kier molecular flexibility index (Phi) is 3.37. The highest BCUT2D eigenvalue weighted by molar-refractivity contribution is 6.24. The van der Waals surface area contributed by atoms with Gasteiger partial charge in [-0.05, 0) is 6.08 Å². The topological polar surface area (TPSA) is 60.4 Å². The summed E-state index contributed by atoms with van der Waals surface area (Å²) in [6, 6.07) is 6.62. The van der Waals surface area contributed by atoms with Crippen LogP contribution in [0, 0.1) is 0 Å². The molecule has 1 aromatic rings. The van der Waals surface area contributed by atoms with Gasteiger partial charge in [0.15, 0.2) is 11.6 Å². The van der Waals surface area contributed by atoms with Gasteiger partial charge < -0.3 is 4.74 Å². The number of ether oxygens (including phenoxy) is 1. The lowest BCUT2D eigenvalue weighted by Gasteiger charge is -2.14. The van der Waals surface area contributed by atoms with Gasteiger partial charge in [0.05, 0.1) is 0 Å². The molecule has 0 heterocycles. The first-order valence-corrected chi connectivity index (χ1v) is 5.67. The Morgan fingerprint density at radius 1 is 1.17 bits per heavy atom. The second kappa shape index (κ2) is 4.96. The first-order chi connectivity index (χ1) is 8.63. The van der Waals surface area contributed by atoms with E-state index in [0.717, 1.165) is 0 Å². The third-order valence-corrected chi connectivity index (χ3v) is 2.71. The number of hydrogen-bond donors (Lipinski definition) is 0. The molecule has 0 bridgehead atoms. The van der Waals surface area contributed by atoms with Crippen molar-refractivity contribution in [3.05, 3.63) is 47.0 Å². The molecule has 0 saturated heterocycles. The SMILES string of the molecule is CCC(=O)OCC1=CC(=O)c2ccccc2C1=O. The third kappa shape index (κ3) is 2.22. The number of allylic oxidation sites excluding steroid dienone is 1. The van der Waals surface area contributed by atoms with Crippen LogP contribution in [0.3, 0.4) is 0 Å². The van der Waals surface area contributed by atoms with Crippen molar-refractivity contribution in [1.82, 2.24) is 0 Å². The van der Waals surface area contributed by atoms with Crippen LogP contribution >= 0.6 is 0 Å². The number of ketones is 2. The van der Waals surface area contributed by atoms with E-state index >= 15 is 0 Å². The lowest BCUT2D eigenvalue weighted by Crippen LogP contribution is -2.20. The maximum Gasteiger partial charge on any atom is 0.305 e. The molecule has 92 valence electrons. The van der Waals surface area contributed by atoms with E-state index in [1.807, 2.05) is 0 Å². The Balaban J connectivity index is 2.23. The van der Waals surface area contributed by atoms with Gasteiger partial charge >= 0.3 is 5.97 Å². The summed E-state index contributed by atoms with van der Waals surface area (Å²) in [6.45, 7) is 1.52. The molecule has 0 N–H and O–H groups in total. The molecule has 1 aliphatic rings. The Bertz CT molecular complexity index is 555. The zero-order valence-corrected chi connectivity index (χ0v) is 9.93. The van der Waals surface area contributed by atoms with E-state index < -0.39 is 5.97 Å². The van der Waals surface area contributed by atoms with Crippen LogP contribution in [0.25, 0.3) is 0 Å². The summed E-state index contributed by atoms with van der Waals surface area (Å²) in [7, 11) is 0. The largest absolute Gasteiger partial charge is 0.461 e. The quantitative estimate of drug-likeness (QED) is 0.762. The molecule has 0 amide bonds. The van der Waals surface area contributed by atoms with Gasteiger partial charge in [0.2, 0.25) is 0 Å². The van der Waals surface area contributed by atoms with Crippen LogP contribution in [-0.2, 0) is 9.53 Å². The standard InChI is InChI=1S/C14H12O4/c1-2-13(16)18-8-9-7-12(15)10-5-3-4-6-11(10)14(9)17/h3-7H,2,8H2,1H3. The van der Waals surface area contributed by atoms with Gasteiger partial charge in [-0.15, -0.1) is 0 Å². The van der Waals surface area contributed by atoms with E-state index in [4.69, 9.17) is 4.74 Å². The summed E-state index contributed by atoms with van der Waals surface area (Å²) in [4.78, 5) is 34.9. The monoisotopic (exact) mass is 244 g/mol. The van der Waals surface area contributed by atoms with Gasteiger partial charge in [-0.25, -0.2) is 0 Å². The van der Waals surface area contributed by atoms with Crippen LogP contribution in [0.1, 0.15) is 34.1 Å². The van der Waals surface area contributed by atoms with Crippen LogP contribution in [0.15, 0.2) is 35.9 Å². The highest BCUT2D eigenvalue weighted by atomic mass is 16.5. The molecule has 4 nitrogen and oxygen atoms in total. The van der Waals surface area contributed by atoms with Crippen LogP contribution < -0.4 is 0 Å². The zero-order chi connectivity index (χ0) is 13.1. The van der Waals surface area contributed by atoms with Gasteiger partial charge in [0.1, 0.15) is 6.61 Å². The van der Waals surface area contributed by atoms with Gasteiger partial charge in [-0.1, -0.05) is 31.2 Å². The second-order valence-corrected chi connectivity index (χ2v) is 3.92. The predicted octanol–water partition coefficient (Wildman–Crippen LogP) is 1.95. The fourth-order valence-corrected chi connectivity index (χ4v) is 1.74. The van der Waals surface area contributed by atoms with Crippen molar-refractivity contribution >= 4 is 17.5 Å². The molecule has 0 spiro atoms. The molecular formula is C14H12O4. The van der Waals surface area contributed by atoms with E-state index in [-0.39, 0.29) is 30.2 Å². The minimum absolute atomic E-state index is 0.147. The molecule has 2 rings (SSSR count). The Labute approximate surface area is 104 Å². The lowest BCUT2D eigenvalue weighted by molar-refractivity contribution is -0.142. The number of benzene rings is 1. The summed E-state index contributed by atoms with van der Waals surface area (Å²) in [5, 5.41) is 0. The number of fused-ring (bicyclic) bond motifs is 1. The highest BCUT2D eigenvalue weighted by Gasteiger charge is 2.25. The Morgan fingerprint density at radius 2 is 1.83 bits per heavy atom. The molecule has 1 aromatic carbocycles. The van der Waals surface area contributed by atoms with Crippen molar-refractivity contribution in [2.45, 2.75) is 13.3 Å². The summed E-state index contributed by atoms with van der Waals surface area (Å²) < 4.78 is 4.88. The first-order valence-electron chi connectivity index (χ1n) is 5.67. The van der Waals surface area contributed by atoms with Gasteiger partial charge in [-0.3, -0.25) is 14.4 Å². The predicted molar refractivity (Wildman–Crippen MR) is 64.4 cm³/mol. The fraction of sp³-hybridized carbons (Fsp3) is 0.214. The van der Waals surface area contributed by atoms with Crippen molar-refractivity contribution in [2.24, 2.45) is 0 Å². The molecule has 0 radical (unpaired) electrons. The van der Waals surface area contributed by atoms with Crippen molar-refractivity contribution in [1.29, 1.82) is 0 Å². The summed E-state index contributed by atoms with van der Waals surface area (Å²) in [5.41, 5.74) is 0.987. The van der Waals surface area contributed by atoms with E-state index in [1.54, 1.807) is 31.2 Å². The highest BCUT2D eigenvalue weighted by Crippen LogP contribution is 2.21. The smallest absolute Gasteiger partial charge is 0.305 e. The summed E-state index contributed by atoms with van der Waals surface area (Å²) >= 11 is 0. The van der Waals surface area contributed by atoms with E-state index in [9.17, 15) is 14.4 Å². The van der Waals surface area contributed by atoms with Crippen LogP contribution in [0.5, 0.6) is 0 Å². The molecule has 0 atom stereocenters. The Morgan fingerprint density at radius 3 is 2.50 bits per heavy atom. The number of rotatable bonds is 3. The van der Waals surface area contributed by atoms with E-state index in [1.165, 1.54) is 6.08 Å². The molecule has 0 unspecified atom stereocenters. The zero-order valence-electron chi connectivity index (χ0n) is 9.93. The van der Waals surface area contributed by atoms with Crippen LogP contribution in [0.4, 0.5) is 0 Å². The molecule has 0 aliphatic heterocycles. The Hall–Kier alpha value is -2.23. The molecule has 0 aromatic heterocycles. The fourth-order valence-electron chi connectivity index (χ4n) is 1.74. The number of esters is 1. The van der Waals surface area contributed by atoms with E-state index in [0.29, 0.717) is 11.1 Å². The minimum atomic E-state index is -0.394. The average Bonchev–Trinajstić information content (AvgIpc) is 2.41. The van der Waals surface area contributed by atoms with Crippen LogP contribution in [-0.4, -0.2) is 24.1 Å². The molecular weight excluding hydrogens is 232 g/mol. The average molecular weight is 244 g/mol. The number of carbonyl (C=O) groups is 3. The maximum absolute atomic E-state index is 12.1. The van der Waals surface area contributed by atoms with Gasteiger partial charge in [0.25, 0.3) is 0 Å². The van der Waals surface area contributed by atoms with E-state index in [2.05, 4.69) is 0 Å². The number of hydrogen-bond acceptors (Lipinski definition) is 4. The third-order valence-electron chi connectivity index (χ3n) is 2.71. The van der Waals surface area contributed by atoms with Crippen molar-refractivity contribution in [3.8, 4) is 0 Å². The second-order valence-electron chi connectivity index (χ2n) is 3.92. The molecule has 0 saturated carbocycles. The lowest BCUT2D eigenvalue weighted by atomic mass is 9.90. The molecule has 0 fully saturated rings. The van der Waals surface area contributed by atoms with Gasteiger partial charge in [0, 0.05) is 23.1 Å². The number of carbonyl (C=O) groups excluding carboxylic acids is 3. The van der Waals surface area contributed by atoms with Crippen molar-refractivity contribution in [3.63, 3.8) is 0 Å². The van der Waals surface area contributed by atoms with Crippen molar-refractivity contribution in [2.75, 3.05) is 6.61 Å². The summed E-state index contributed by atoms with van der Waals surface area (Å²) in [6.07, 6.45) is 1.49. The number of Topliss-reactive ketones (excluding diaryl/α,β-unsaturated/α-hetero) is 1. The minimum Gasteiger partial charge on any atom is -0.461 e. The maximum atomic E-state index is 12.1. The summed E-state index contributed by atoms with van der Waals surface area (Å²) in [5.74, 6) is -0.878. The molecule has 1 aliphatic carbocycles. The van der Waals surface area contributed by atoms with Crippen molar-refractivity contribution < 1.29 is 19.1 Å². The molecule has 18 heavy (non-hydrogen) atoms. The normalized spacial score (nSPS) is 13.9.